The molecular weight excluding hydrogens is 429 g/mol. The number of hydrogen-bond donors (Lipinski definition) is 2. The summed E-state index contributed by atoms with van der Waals surface area (Å²) in [6, 6.07) is 6.05. The Hall–Kier alpha value is -2.54. The molecule has 1 saturated carbocycles. The Labute approximate surface area is 194 Å². The highest BCUT2D eigenvalue weighted by molar-refractivity contribution is 6.30. The van der Waals surface area contributed by atoms with E-state index in [1.54, 1.807) is 12.4 Å². The topological polar surface area (TPSA) is 79.3 Å². The third kappa shape index (κ3) is 7.55. The number of rotatable bonds is 5. The molecule has 1 aliphatic carbocycles. The van der Waals surface area contributed by atoms with Crippen LogP contribution in [0.4, 0.5) is 4.39 Å². The van der Waals surface area contributed by atoms with Crippen LogP contribution in [0.25, 0.3) is 0 Å². The molecule has 0 unspecified atom stereocenters. The first kappa shape index (κ1) is 24.1. The number of halogens is 2. The van der Waals surface area contributed by atoms with Gasteiger partial charge in [0, 0.05) is 37.0 Å². The van der Waals surface area contributed by atoms with Crippen LogP contribution in [0.15, 0.2) is 41.7 Å². The Morgan fingerprint density at radius 1 is 1.19 bits per heavy atom. The van der Waals surface area contributed by atoms with E-state index in [1.807, 2.05) is 6.07 Å². The van der Waals surface area contributed by atoms with E-state index in [0.29, 0.717) is 18.4 Å². The van der Waals surface area contributed by atoms with Crippen molar-refractivity contribution < 1.29 is 9.18 Å². The van der Waals surface area contributed by atoms with Crippen molar-refractivity contribution in [2.75, 3.05) is 6.54 Å². The molecule has 2 N–H and O–H groups in total. The van der Waals surface area contributed by atoms with E-state index in [2.05, 4.69) is 46.4 Å². The van der Waals surface area contributed by atoms with Gasteiger partial charge >= 0.3 is 0 Å². The number of aliphatic imine (C=N–C) groups is 1. The van der Waals surface area contributed by atoms with Crippen LogP contribution in [-0.2, 0) is 6.42 Å². The van der Waals surface area contributed by atoms with E-state index in [-0.39, 0.29) is 22.0 Å². The van der Waals surface area contributed by atoms with Crippen LogP contribution in [0.5, 0.6) is 0 Å². The van der Waals surface area contributed by atoms with Gasteiger partial charge in [-0.05, 0) is 61.3 Å². The molecule has 1 aromatic heterocycles. The fourth-order valence-corrected chi connectivity index (χ4v) is 3.77. The second kappa shape index (κ2) is 10.9. The van der Waals surface area contributed by atoms with Crippen LogP contribution in [0, 0.1) is 17.2 Å². The molecular formula is C24H31ClFN5O. The van der Waals surface area contributed by atoms with E-state index < -0.39 is 11.7 Å². The molecule has 3 rings (SSSR count). The predicted molar refractivity (Wildman–Crippen MR) is 125 cm³/mol. The minimum atomic E-state index is -0.624. The van der Waals surface area contributed by atoms with E-state index in [0.717, 1.165) is 44.0 Å². The van der Waals surface area contributed by atoms with Crippen molar-refractivity contribution in [3.05, 3.63) is 58.9 Å². The van der Waals surface area contributed by atoms with Crippen LogP contribution >= 0.6 is 11.6 Å². The second-order valence-electron chi connectivity index (χ2n) is 9.54. The highest BCUT2D eigenvalue weighted by atomic mass is 35.5. The van der Waals surface area contributed by atoms with Gasteiger partial charge in [0.1, 0.15) is 11.6 Å². The highest BCUT2D eigenvalue weighted by Crippen LogP contribution is 2.26. The molecule has 1 aromatic carbocycles. The molecule has 1 fully saturated rings. The maximum atomic E-state index is 13.8. The lowest BCUT2D eigenvalue weighted by Gasteiger charge is -2.30. The molecule has 0 bridgehead atoms. The molecule has 1 amide bonds. The number of carbonyl (C=O) groups is 1. The summed E-state index contributed by atoms with van der Waals surface area (Å²) in [4.78, 5) is 26.0. The number of amides is 1. The summed E-state index contributed by atoms with van der Waals surface area (Å²) < 4.78 is 13.8. The summed E-state index contributed by atoms with van der Waals surface area (Å²) in [7, 11) is 0. The standard InChI is InChI=1S/C24H31ClFN5O/c1-24(2,3)15-29-23(31-22(32)17-7-10-19(25)20(26)14-17)30-18-8-5-16(6-9-18)13-21-27-11-4-12-28-21/h4,7,10-12,14,16,18H,5-6,8-9,13,15H2,1-3H3,(H2,29,30,31,32). The number of nitrogens with one attached hydrogen (secondary N) is 2. The molecule has 1 aliphatic rings. The zero-order valence-corrected chi connectivity index (χ0v) is 19.6. The van der Waals surface area contributed by atoms with Gasteiger partial charge in [-0.3, -0.25) is 15.1 Å². The Balaban J connectivity index is 1.60. The molecule has 2 aromatic rings. The first-order valence-electron chi connectivity index (χ1n) is 11.0. The molecule has 8 heteroatoms. The van der Waals surface area contributed by atoms with Gasteiger partial charge in [-0.25, -0.2) is 14.4 Å². The Bertz CT molecular complexity index is 937. The van der Waals surface area contributed by atoms with E-state index in [4.69, 9.17) is 11.6 Å². The minimum Gasteiger partial charge on any atom is -0.353 e. The normalized spacial score (nSPS) is 19.5. The van der Waals surface area contributed by atoms with E-state index in [9.17, 15) is 9.18 Å². The van der Waals surface area contributed by atoms with Crippen molar-refractivity contribution >= 4 is 23.5 Å². The lowest BCUT2D eigenvalue weighted by atomic mass is 9.84. The summed E-state index contributed by atoms with van der Waals surface area (Å²) in [5.74, 6) is 0.822. The molecule has 1 heterocycles. The van der Waals surface area contributed by atoms with Crippen molar-refractivity contribution in [3.8, 4) is 0 Å². The van der Waals surface area contributed by atoms with Gasteiger partial charge < -0.3 is 5.32 Å². The van der Waals surface area contributed by atoms with Crippen LogP contribution in [0.2, 0.25) is 5.02 Å². The lowest BCUT2D eigenvalue weighted by Crippen LogP contribution is -2.47. The first-order chi connectivity index (χ1) is 15.2. The summed E-state index contributed by atoms with van der Waals surface area (Å²) in [5, 5.41) is 6.21. The average molecular weight is 460 g/mol. The largest absolute Gasteiger partial charge is 0.353 e. The number of guanidine groups is 1. The molecule has 0 aliphatic heterocycles. The monoisotopic (exact) mass is 459 g/mol. The fourth-order valence-electron chi connectivity index (χ4n) is 3.65. The summed E-state index contributed by atoms with van der Waals surface area (Å²) in [6.45, 7) is 6.80. The van der Waals surface area contributed by atoms with Crippen LogP contribution in [-0.4, -0.2) is 34.4 Å². The van der Waals surface area contributed by atoms with Crippen LogP contribution in [0.3, 0.4) is 0 Å². The summed E-state index contributed by atoms with van der Waals surface area (Å²) in [6.07, 6.45) is 8.50. The molecule has 32 heavy (non-hydrogen) atoms. The SMILES string of the molecule is CC(C)(C)CN=C(NC(=O)c1ccc(Cl)c(F)c1)NC1CCC(Cc2ncccn2)CC1. The summed E-state index contributed by atoms with van der Waals surface area (Å²) in [5.41, 5.74) is 0.168. The first-order valence-corrected chi connectivity index (χ1v) is 11.4. The predicted octanol–water partition coefficient (Wildman–Crippen LogP) is 4.79. The van der Waals surface area contributed by atoms with Gasteiger partial charge in [0.05, 0.1) is 5.02 Å². The Morgan fingerprint density at radius 3 is 2.50 bits per heavy atom. The Kier molecular flexibility index (Phi) is 8.18. The zero-order valence-electron chi connectivity index (χ0n) is 18.9. The quantitative estimate of drug-likeness (QED) is 0.497. The smallest absolute Gasteiger partial charge is 0.258 e. The van der Waals surface area contributed by atoms with Crippen molar-refractivity contribution in [1.82, 2.24) is 20.6 Å². The molecule has 0 atom stereocenters. The number of nitrogens with zero attached hydrogens (tertiary/aromatic N) is 3. The molecule has 0 spiro atoms. The van der Waals surface area contributed by atoms with Crippen LogP contribution < -0.4 is 10.6 Å². The fraction of sp³-hybridized carbons (Fsp3) is 0.500. The van der Waals surface area contributed by atoms with E-state index >= 15 is 0 Å². The average Bonchev–Trinajstić information content (AvgIpc) is 2.75. The van der Waals surface area contributed by atoms with E-state index in [1.165, 1.54) is 12.1 Å². The third-order valence-electron chi connectivity index (χ3n) is 5.40. The van der Waals surface area contributed by atoms with Crippen molar-refractivity contribution in [1.29, 1.82) is 0 Å². The van der Waals surface area contributed by atoms with Gasteiger partial charge in [0.25, 0.3) is 5.91 Å². The molecule has 172 valence electrons. The third-order valence-corrected chi connectivity index (χ3v) is 5.71. The van der Waals surface area contributed by atoms with Gasteiger partial charge in [0.2, 0.25) is 0 Å². The number of benzene rings is 1. The van der Waals surface area contributed by atoms with Gasteiger partial charge in [-0.2, -0.15) is 0 Å². The molecule has 0 saturated heterocycles. The zero-order chi connectivity index (χ0) is 23.1. The Morgan fingerprint density at radius 2 is 1.88 bits per heavy atom. The summed E-state index contributed by atoms with van der Waals surface area (Å²) >= 11 is 5.73. The van der Waals surface area contributed by atoms with Gasteiger partial charge in [-0.15, -0.1) is 0 Å². The number of hydrogen-bond acceptors (Lipinski definition) is 4. The van der Waals surface area contributed by atoms with Gasteiger partial charge in [-0.1, -0.05) is 32.4 Å². The lowest BCUT2D eigenvalue weighted by molar-refractivity contribution is 0.0974. The van der Waals surface area contributed by atoms with Gasteiger partial charge in [0.15, 0.2) is 5.96 Å². The van der Waals surface area contributed by atoms with Crippen molar-refractivity contribution in [2.45, 2.75) is 58.9 Å². The minimum absolute atomic E-state index is 0.0149. The highest BCUT2D eigenvalue weighted by Gasteiger charge is 2.24. The number of aromatic nitrogens is 2. The van der Waals surface area contributed by atoms with Crippen LogP contribution in [0.1, 0.15) is 62.6 Å². The maximum absolute atomic E-state index is 13.8. The van der Waals surface area contributed by atoms with Crippen molar-refractivity contribution in [2.24, 2.45) is 16.3 Å². The van der Waals surface area contributed by atoms with Crippen molar-refractivity contribution in [3.63, 3.8) is 0 Å². The second-order valence-corrected chi connectivity index (χ2v) is 9.95. The number of carbonyl (C=O) groups excluding carboxylic acids is 1. The maximum Gasteiger partial charge on any atom is 0.258 e. The molecule has 6 nitrogen and oxygen atoms in total. The molecule has 0 radical (unpaired) electrons.